The Bertz CT molecular complexity index is 414. The van der Waals surface area contributed by atoms with E-state index in [0.717, 1.165) is 51.7 Å². The Morgan fingerprint density at radius 2 is 1.35 bits per heavy atom. The van der Waals surface area contributed by atoms with Crippen LogP contribution in [0.5, 0.6) is 0 Å². The highest BCUT2D eigenvalue weighted by Crippen LogP contribution is 2.19. The van der Waals surface area contributed by atoms with E-state index in [1.54, 1.807) is 0 Å². The van der Waals surface area contributed by atoms with Gasteiger partial charge in [0.05, 0.1) is 6.61 Å². The molecule has 0 radical (unpaired) electrons. The van der Waals surface area contributed by atoms with Gasteiger partial charge in [-0.15, -0.1) is 0 Å². The summed E-state index contributed by atoms with van der Waals surface area (Å²) in [5.41, 5.74) is 0. The fourth-order valence-corrected chi connectivity index (χ4v) is 4.56. The lowest BCUT2D eigenvalue weighted by atomic mass is 9.95. The van der Waals surface area contributed by atoms with Gasteiger partial charge in [-0.05, 0) is 64.1 Å². The van der Waals surface area contributed by atoms with Gasteiger partial charge in [-0.2, -0.15) is 0 Å². The summed E-state index contributed by atoms with van der Waals surface area (Å²) >= 11 is 0. The third-order valence-electron chi connectivity index (χ3n) is 6.79. The van der Waals surface area contributed by atoms with Crippen molar-refractivity contribution < 1.29 is 14.6 Å². The normalized spacial score (nSPS) is 13.2. The minimum absolute atomic E-state index is 0.00746. The first-order valence-electron chi connectivity index (χ1n) is 14.9. The molecule has 0 rings (SSSR count). The van der Waals surface area contributed by atoms with E-state index in [1.807, 2.05) is 0 Å². The number of esters is 1. The van der Waals surface area contributed by atoms with E-state index in [4.69, 9.17) is 9.84 Å². The first-order valence-corrected chi connectivity index (χ1v) is 14.9. The van der Waals surface area contributed by atoms with E-state index in [-0.39, 0.29) is 12.6 Å². The van der Waals surface area contributed by atoms with Gasteiger partial charge < -0.3 is 20.5 Å². The standard InChI is InChI=1S/C29H60N2O3/c1-4-7-9-11-12-15-19-27(18-14-10-8-5-2)26-34-29(33)20-16-13-17-23-30-24-21-28(22-25-32)31-6-3/h27-28,30-32H,4-26H2,1-3H3. The summed E-state index contributed by atoms with van der Waals surface area (Å²) in [7, 11) is 0. The maximum Gasteiger partial charge on any atom is 0.305 e. The van der Waals surface area contributed by atoms with Crippen LogP contribution in [0.4, 0.5) is 0 Å². The average molecular weight is 485 g/mol. The zero-order valence-electron chi connectivity index (χ0n) is 23.2. The summed E-state index contributed by atoms with van der Waals surface area (Å²) < 4.78 is 5.69. The highest BCUT2D eigenvalue weighted by Gasteiger charge is 2.12. The van der Waals surface area contributed by atoms with Crippen LogP contribution in [0.3, 0.4) is 0 Å². The van der Waals surface area contributed by atoms with Gasteiger partial charge in [0.15, 0.2) is 0 Å². The van der Waals surface area contributed by atoms with Crippen molar-refractivity contribution in [2.24, 2.45) is 5.92 Å². The third kappa shape index (κ3) is 23.1. The average Bonchev–Trinajstić information content (AvgIpc) is 2.83. The molecule has 0 aliphatic carbocycles. The summed E-state index contributed by atoms with van der Waals surface area (Å²) in [5.74, 6) is 0.542. The lowest BCUT2D eigenvalue weighted by molar-refractivity contribution is -0.145. The molecule has 0 fully saturated rings. The third-order valence-corrected chi connectivity index (χ3v) is 6.79. The SMILES string of the molecule is CCCCCCCCC(CCCCCC)COC(=O)CCCCCNCCC(CCO)NCC. The molecule has 0 bridgehead atoms. The molecule has 0 spiro atoms. The van der Waals surface area contributed by atoms with E-state index in [2.05, 4.69) is 31.4 Å². The first-order chi connectivity index (χ1) is 16.7. The van der Waals surface area contributed by atoms with Crippen LogP contribution < -0.4 is 10.6 Å². The predicted octanol–water partition coefficient (Wildman–Crippen LogP) is 6.77. The monoisotopic (exact) mass is 484 g/mol. The number of carbonyl (C=O) groups excluding carboxylic acids is 1. The maximum absolute atomic E-state index is 12.2. The summed E-state index contributed by atoms with van der Waals surface area (Å²) in [5, 5.41) is 16.0. The van der Waals surface area contributed by atoms with E-state index >= 15 is 0 Å². The zero-order valence-corrected chi connectivity index (χ0v) is 23.2. The topological polar surface area (TPSA) is 70.6 Å². The molecule has 0 saturated carbocycles. The summed E-state index contributed by atoms with van der Waals surface area (Å²) in [4.78, 5) is 12.2. The predicted molar refractivity (Wildman–Crippen MR) is 146 cm³/mol. The number of hydrogen-bond donors (Lipinski definition) is 3. The zero-order chi connectivity index (χ0) is 25.1. The van der Waals surface area contributed by atoms with Gasteiger partial charge in [-0.1, -0.05) is 91.4 Å². The molecule has 0 aliphatic rings. The Balaban J connectivity index is 3.87. The van der Waals surface area contributed by atoms with Gasteiger partial charge in [0.2, 0.25) is 0 Å². The fourth-order valence-electron chi connectivity index (χ4n) is 4.56. The van der Waals surface area contributed by atoms with Crippen LogP contribution in [-0.4, -0.2) is 50.0 Å². The second-order valence-electron chi connectivity index (χ2n) is 10.1. The van der Waals surface area contributed by atoms with Crippen molar-refractivity contribution >= 4 is 5.97 Å². The fraction of sp³-hybridized carbons (Fsp3) is 0.966. The first kappa shape index (κ1) is 33.4. The number of unbranched alkanes of at least 4 members (excludes halogenated alkanes) is 10. The van der Waals surface area contributed by atoms with Gasteiger partial charge in [0.25, 0.3) is 0 Å². The van der Waals surface area contributed by atoms with Crippen LogP contribution in [0.25, 0.3) is 0 Å². The number of hydrogen-bond acceptors (Lipinski definition) is 5. The van der Waals surface area contributed by atoms with Crippen molar-refractivity contribution in [3.8, 4) is 0 Å². The van der Waals surface area contributed by atoms with E-state index < -0.39 is 0 Å². The number of aliphatic hydroxyl groups is 1. The number of rotatable bonds is 27. The van der Waals surface area contributed by atoms with Crippen molar-refractivity contribution in [1.82, 2.24) is 10.6 Å². The molecule has 3 N–H and O–H groups in total. The van der Waals surface area contributed by atoms with Crippen LogP contribution in [0.1, 0.15) is 136 Å². The van der Waals surface area contributed by atoms with E-state index in [9.17, 15) is 4.79 Å². The number of aliphatic hydroxyl groups excluding tert-OH is 1. The van der Waals surface area contributed by atoms with Crippen LogP contribution in [0.2, 0.25) is 0 Å². The van der Waals surface area contributed by atoms with Crippen molar-refractivity contribution in [1.29, 1.82) is 0 Å². The highest BCUT2D eigenvalue weighted by molar-refractivity contribution is 5.69. The maximum atomic E-state index is 12.2. The van der Waals surface area contributed by atoms with Gasteiger partial charge in [-0.3, -0.25) is 4.79 Å². The minimum atomic E-state index is -0.00746. The van der Waals surface area contributed by atoms with Gasteiger partial charge in [-0.25, -0.2) is 0 Å². The second kappa shape index (κ2) is 26.9. The Hall–Kier alpha value is -0.650. The molecule has 0 aromatic carbocycles. The highest BCUT2D eigenvalue weighted by atomic mass is 16.5. The number of ether oxygens (including phenoxy) is 1. The summed E-state index contributed by atoms with van der Waals surface area (Å²) in [6, 6.07) is 0.397. The molecular weight excluding hydrogens is 424 g/mol. The smallest absolute Gasteiger partial charge is 0.305 e. The summed E-state index contributed by atoms with van der Waals surface area (Å²) in [6.45, 7) is 10.4. The second-order valence-corrected chi connectivity index (χ2v) is 10.1. The summed E-state index contributed by atoms with van der Waals surface area (Å²) in [6.07, 6.45) is 21.1. The van der Waals surface area contributed by atoms with Crippen molar-refractivity contribution in [2.45, 2.75) is 142 Å². The van der Waals surface area contributed by atoms with Crippen LogP contribution in [0, 0.1) is 5.92 Å². The molecule has 0 amide bonds. The Morgan fingerprint density at radius 1 is 0.735 bits per heavy atom. The molecular formula is C29H60N2O3. The Labute approximate surface area is 212 Å². The van der Waals surface area contributed by atoms with Gasteiger partial charge in [0, 0.05) is 19.1 Å². The van der Waals surface area contributed by atoms with Crippen molar-refractivity contribution in [3.05, 3.63) is 0 Å². The molecule has 2 unspecified atom stereocenters. The molecule has 0 heterocycles. The Morgan fingerprint density at radius 3 is 2.00 bits per heavy atom. The van der Waals surface area contributed by atoms with Crippen LogP contribution >= 0.6 is 0 Å². The molecule has 0 aromatic heterocycles. The lowest BCUT2D eigenvalue weighted by Crippen LogP contribution is -2.33. The number of carbonyl (C=O) groups is 1. The molecule has 0 aromatic rings. The molecule has 34 heavy (non-hydrogen) atoms. The Kier molecular flexibility index (Phi) is 26.4. The van der Waals surface area contributed by atoms with Crippen LogP contribution in [-0.2, 0) is 9.53 Å². The quantitative estimate of drug-likeness (QED) is 0.0886. The largest absolute Gasteiger partial charge is 0.465 e. The number of nitrogens with one attached hydrogen (secondary N) is 2. The molecule has 0 saturated heterocycles. The molecule has 2 atom stereocenters. The van der Waals surface area contributed by atoms with Crippen molar-refractivity contribution in [3.63, 3.8) is 0 Å². The minimum Gasteiger partial charge on any atom is -0.465 e. The lowest BCUT2D eigenvalue weighted by Gasteiger charge is -2.17. The van der Waals surface area contributed by atoms with Crippen molar-refractivity contribution in [2.75, 3.05) is 32.8 Å². The molecule has 5 nitrogen and oxygen atoms in total. The molecule has 5 heteroatoms. The molecule has 204 valence electrons. The van der Waals surface area contributed by atoms with Gasteiger partial charge >= 0.3 is 5.97 Å². The van der Waals surface area contributed by atoms with Crippen LogP contribution in [0.15, 0.2) is 0 Å². The van der Waals surface area contributed by atoms with E-state index in [0.29, 0.717) is 25.0 Å². The van der Waals surface area contributed by atoms with E-state index in [1.165, 1.54) is 77.0 Å². The molecule has 0 aliphatic heterocycles. The van der Waals surface area contributed by atoms with Gasteiger partial charge in [0.1, 0.15) is 0 Å².